The van der Waals surface area contributed by atoms with Gasteiger partial charge in [0, 0.05) is 11.3 Å². The third-order valence-corrected chi connectivity index (χ3v) is 2.31. The smallest absolute Gasteiger partial charge is 0.0900 e. The predicted molar refractivity (Wildman–Crippen MR) is 60.3 cm³/mol. The van der Waals surface area contributed by atoms with Gasteiger partial charge in [0.2, 0.25) is 0 Å². The van der Waals surface area contributed by atoms with Crippen molar-refractivity contribution in [3.8, 4) is 0 Å². The molecule has 1 rings (SSSR count). The van der Waals surface area contributed by atoms with Crippen LogP contribution < -0.4 is 5.73 Å². The molecule has 3 heteroatoms. The first-order chi connectivity index (χ1) is 6.15. The monoisotopic (exact) mass is 200 g/mol. The van der Waals surface area contributed by atoms with Gasteiger partial charge < -0.3 is 5.73 Å². The Kier molecular flexibility index (Phi) is 6.82. The van der Waals surface area contributed by atoms with Gasteiger partial charge in [-0.3, -0.25) is 0 Å². The Balaban J connectivity index is 0.000000424. The number of thiazole rings is 1. The number of nitrogens with two attached hydrogens (primary N) is 1. The molecule has 1 heterocycles. The van der Waals surface area contributed by atoms with Gasteiger partial charge in [0.1, 0.15) is 0 Å². The summed E-state index contributed by atoms with van der Waals surface area (Å²) in [4.78, 5) is 5.65. The van der Waals surface area contributed by atoms with Crippen LogP contribution in [0, 0.1) is 13.8 Å². The summed E-state index contributed by atoms with van der Waals surface area (Å²) in [6.45, 7) is 9.07. The highest BCUT2D eigenvalue weighted by atomic mass is 32.1. The summed E-state index contributed by atoms with van der Waals surface area (Å²) in [5, 5.41) is 1.14. The molecular weight excluding hydrogens is 180 g/mol. The summed E-state index contributed by atoms with van der Waals surface area (Å²) in [6.07, 6.45) is 2.16. The van der Waals surface area contributed by atoms with Gasteiger partial charge >= 0.3 is 0 Å². The van der Waals surface area contributed by atoms with Crippen LogP contribution in [0.5, 0.6) is 0 Å². The SMILES string of the molecule is CCC.Cc1nc(CCN)c(C)s1. The van der Waals surface area contributed by atoms with Crippen LogP contribution in [-0.2, 0) is 6.42 Å². The van der Waals surface area contributed by atoms with Crippen LogP contribution in [0.4, 0.5) is 0 Å². The number of hydrogen-bond acceptors (Lipinski definition) is 3. The van der Waals surface area contributed by atoms with Crippen molar-refractivity contribution in [3.05, 3.63) is 15.6 Å². The minimum Gasteiger partial charge on any atom is -0.330 e. The van der Waals surface area contributed by atoms with Crippen molar-refractivity contribution in [2.45, 2.75) is 40.5 Å². The van der Waals surface area contributed by atoms with Gasteiger partial charge in [-0.25, -0.2) is 4.98 Å². The van der Waals surface area contributed by atoms with E-state index in [0.717, 1.165) is 11.4 Å². The van der Waals surface area contributed by atoms with Gasteiger partial charge in [-0.1, -0.05) is 20.3 Å². The topological polar surface area (TPSA) is 38.9 Å². The number of aromatic nitrogens is 1. The number of rotatable bonds is 2. The van der Waals surface area contributed by atoms with Gasteiger partial charge in [-0.15, -0.1) is 11.3 Å². The van der Waals surface area contributed by atoms with E-state index in [-0.39, 0.29) is 0 Å². The van der Waals surface area contributed by atoms with Crippen LogP contribution >= 0.6 is 11.3 Å². The Labute approximate surface area is 85.2 Å². The lowest BCUT2D eigenvalue weighted by atomic mass is 10.3. The zero-order valence-corrected chi connectivity index (χ0v) is 9.87. The van der Waals surface area contributed by atoms with E-state index in [2.05, 4.69) is 25.8 Å². The number of aryl methyl sites for hydroxylation is 2. The summed E-state index contributed by atoms with van der Waals surface area (Å²) < 4.78 is 0. The number of hydrogen-bond donors (Lipinski definition) is 1. The van der Waals surface area contributed by atoms with Crippen LogP contribution in [0.25, 0.3) is 0 Å². The number of nitrogens with zero attached hydrogens (tertiary/aromatic N) is 1. The Morgan fingerprint density at radius 1 is 1.31 bits per heavy atom. The van der Waals surface area contributed by atoms with E-state index in [1.807, 2.05) is 6.92 Å². The molecule has 0 aliphatic carbocycles. The van der Waals surface area contributed by atoms with Crippen LogP contribution in [-0.4, -0.2) is 11.5 Å². The largest absolute Gasteiger partial charge is 0.330 e. The average molecular weight is 200 g/mol. The highest BCUT2D eigenvalue weighted by molar-refractivity contribution is 7.11. The summed E-state index contributed by atoms with van der Waals surface area (Å²) in [5.41, 5.74) is 6.57. The van der Waals surface area contributed by atoms with Crippen molar-refractivity contribution >= 4 is 11.3 Å². The van der Waals surface area contributed by atoms with Gasteiger partial charge in [0.15, 0.2) is 0 Å². The third-order valence-electron chi connectivity index (χ3n) is 1.38. The molecule has 0 saturated carbocycles. The molecule has 1 aromatic rings. The van der Waals surface area contributed by atoms with E-state index in [0.29, 0.717) is 6.54 Å². The minimum atomic E-state index is 0.698. The Bertz CT molecular complexity index is 231. The lowest BCUT2D eigenvalue weighted by molar-refractivity contribution is 0.920. The van der Waals surface area contributed by atoms with Crippen molar-refractivity contribution in [2.24, 2.45) is 5.73 Å². The van der Waals surface area contributed by atoms with Crippen molar-refractivity contribution in [1.82, 2.24) is 4.98 Å². The van der Waals surface area contributed by atoms with Gasteiger partial charge in [-0.05, 0) is 20.4 Å². The van der Waals surface area contributed by atoms with Gasteiger partial charge in [-0.2, -0.15) is 0 Å². The zero-order valence-electron chi connectivity index (χ0n) is 9.05. The van der Waals surface area contributed by atoms with Crippen LogP contribution in [0.2, 0.25) is 0 Å². The first kappa shape index (κ1) is 12.6. The lowest BCUT2D eigenvalue weighted by Crippen LogP contribution is -2.03. The quantitative estimate of drug-likeness (QED) is 0.797. The zero-order chi connectivity index (χ0) is 10.3. The lowest BCUT2D eigenvalue weighted by Gasteiger charge is -1.91. The molecule has 0 fully saturated rings. The second-order valence-corrected chi connectivity index (χ2v) is 4.39. The van der Waals surface area contributed by atoms with Crippen molar-refractivity contribution in [2.75, 3.05) is 6.54 Å². The van der Waals surface area contributed by atoms with Gasteiger partial charge in [0.05, 0.1) is 10.7 Å². The van der Waals surface area contributed by atoms with Crippen molar-refractivity contribution < 1.29 is 0 Å². The molecule has 0 spiro atoms. The molecule has 2 N–H and O–H groups in total. The summed E-state index contributed by atoms with van der Waals surface area (Å²) in [5.74, 6) is 0. The van der Waals surface area contributed by atoms with Crippen LogP contribution in [0.15, 0.2) is 0 Å². The molecule has 13 heavy (non-hydrogen) atoms. The van der Waals surface area contributed by atoms with E-state index >= 15 is 0 Å². The fourth-order valence-electron chi connectivity index (χ4n) is 0.941. The summed E-state index contributed by atoms with van der Waals surface area (Å²) in [6, 6.07) is 0. The summed E-state index contributed by atoms with van der Waals surface area (Å²) in [7, 11) is 0. The molecule has 1 aromatic heterocycles. The maximum absolute atomic E-state index is 5.40. The molecule has 0 amide bonds. The molecular formula is C10H20N2S. The minimum absolute atomic E-state index is 0.698. The molecule has 0 aliphatic rings. The summed E-state index contributed by atoms with van der Waals surface area (Å²) >= 11 is 1.74. The molecule has 0 atom stereocenters. The first-order valence-electron chi connectivity index (χ1n) is 4.78. The Morgan fingerprint density at radius 2 is 1.85 bits per heavy atom. The normalized spacial score (nSPS) is 9.31. The molecule has 0 aliphatic heterocycles. The molecule has 0 saturated heterocycles. The molecule has 0 aromatic carbocycles. The van der Waals surface area contributed by atoms with E-state index in [4.69, 9.17) is 5.73 Å². The van der Waals surface area contributed by atoms with E-state index in [1.54, 1.807) is 11.3 Å². The Hall–Kier alpha value is -0.410. The highest BCUT2D eigenvalue weighted by Gasteiger charge is 2.01. The highest BCUT2D eigenvalue weighted by Crippen LogP contribution is 2.15. The predicted octanol–water partition coefficient (Wildman–Crippen LogP) is 2.68. The second kappa shape index (κ2) is 7.04. The first-order valence-corrected chi connectivity index (χ1v) is 5.60. The van der Waals surface area contributed by atoms with Gasteiger partial charge in [0.25, 0.3) is 0 Å². The molecule has 0 bridgehead atoms. The van der Waals surface area contributed by atoms with Crippen LogP contribution in [0.3, 0.4) is 0 Å². The molecule has 76 valence electrons. The second-order valence-electron chi connectivity index (χ2n) is 2.98. The molecule has 0 unspecified atom stereocenters. The van der Waals surface area contributed by atoms with Crippen molar-refractivity contribution in [1.29, 1.82) is 0 Å². The average Bonchev–Trinajstić information content (AvgIpc) is 2.33. The van der Waals surface area contributed by atoms with E-state index in [9.17, 15) is 0 Å². The molecule has 2 nitrogen and oxygen atoms in total. The fraction of sp³-hybridized carbons (Fsp3) is 0.700. The third kappa shape index (κ3) is 5.01. The maximum Gasteiger partial charge on any atom is 0.0900 e. The fourth-order valence-corrected chi connectivity index (χ4v) is 1.81. The van der Waals surface area contributed by atoms with Crippen LogP contribution in [0.1, 0.15) is 35.8 Å². The van der Waals surface area contributed by atoms with Crippen molar-refractivity contribution in [3.63, 3.8) is 0 Å². The standard InChI is InChI=1S/C7H12N2S.C3H8/c1-5-7(3-4-8)9-6(2)10-5;1-3-2/h3-4,8H2,1-2H3;3H2,1-2H3. The van der Waals surface area contributed by atoms with E-state index < -0.39 is 0 Å². The Morgan fingerprint density at radius 3 is 2.15 bits per heavy atom. The molecule has 0 radical (unpaired) electrons. The van der Waals surface area contributed by atoms with E-state index in [1.165, 1.54) is 17.0 Å². The maximum atomic E-state index is 5.40.